The van der Waals surface area contributed by atoms with Crippen LogP contribution in [0.15, 0.2) is 24.3 Å². The van der Waals surface area contributed by atoms with Gasteiger partial charge in [-0.1, -0.05) is 12.1 Å². The molecule has 0 saturated heterocycles. The summed E-state index contributed by atoms with van der Waals surface area (Å²) in [5, 5.41) is 3.21. The zero-order chi connectivity index (χ0) is 14.3. The second-order valence-corrected chi connectivity index (χ2v) is 4.89. The lowest BCUT2D eigenvalue weighted by Crippen LogP contribution is -2.24. The van der Waals surface area contributed by atoms with Gasteiger partial charge in [0, 0.05) is 37.8 Å². The van der Waals surface area contributed by atoms with Gasteiger partial charge < -0.3 is 9.88 Å². The summed E-state index contributed by atoms with van der Waals surface area (Å²) in [6.45, 7) is 1.54. The van der Waals surface area contributed by atoms with Crippen molar-refractivity contribution in [1.29, 1.82) is 0 Å². The monoisotopic (exact) mass is 281 g/mol. The molecule has 0 atom stereocenters. The number of alkyl halides is 3. The van der Waals surface area contributed by atoms with E-state index in [1.807, 2.05) is 11.6 Å². The van der Waals surface area contributed by atoms with Crippen LogP contribution in [0, 0.1) is 0 Å². The molecule has 3 nitrogen and oxygen atoms in total. The number of hydrogen-bond donors (Lipinski definition) is 1. The molecule has 0 saturated carbocycles. The van der Waals surface area contributed by atoms with Crippen molar-refractivity contribution in [3.8, 4) is 11.4 Å². The maximum absolute atomic E-state index is 12.8. The lowest BCUT2D eigenvalue weighted by atomic mass is 10.1. The predicted molar refractivity (Wildman–Crippen MR) is 69.1 cm³/mol. The molecule has 0 fully saturated rings. The Bertz CT molecular complexity index is 644. The van der Waals surface area contributed by atoms with Crippen LogP contribution in [0.4, 0.5) is 13.2 Å². The molecule has 0 spiro atoms. The molecule has 2 heterocycles. The molecule has 0 radical (unpaired) electrons. The lowest BCUT2D eigenvalue weighted by Gasteiger charge is -2.13. The van der Waals surface area contributed by atoms with Crippen molar-refractivity contribution in [3.63, 3.8) is 0 Å². The highest BCUT2D eigenvalue weighted by Crippen LogP contribution is 2.32. The van der Waals surface area contributed by atoms with Gasteiger partial charge in [0.05, 0.1) is 11.3 Å². The van der Waals surface area contributed by atoms with Crippen LogP contribution in [-0.2, 0) is 26.2 Å². The molecule has 0 amide bonds. The summed E-state index contributed by atoms with van der Waals surface area (Å²) in [7, 11) is 1.85. The number of halogens is 3. The van der Waals surface area contributed by atoms with Gasteiger partial charge in [-0.25, -0.2) is 4.98 Å². The minimum absolute atomic E-state index is 0.497. The van der Waals surface area contributed by atoms with Crippen molar-refractivity contribution < 1.29 is 13.2 Å². The van der Waals surface area contributed by atoms with E-state index in [1.165, 1.54) is 6.07 Å². The van der Waals surface area contributed by atoms with Crippen LogP contribution in [0.5, 0.6) is 0 Å². The first-order valence-corrected chi connectivity index (χ1v) is 6.39. The number of imidazole rings is 1. The number of hydrogen-bond acceptors (Lipinski definition) is 2. The van der Waals surface area contributed by atoms with Crippen LogP contribution >= 0.6 is 0 Å². The number of aromatic nitrogens is 2. The van der Waals surface area contributed by atoms with E-state index in [-0.39, 0.29) is 0 Å². The highest BCUT2D eigenvalue weighted by Gasteiger charge is 2.31. The summed E-state index contributed by atoms with van der Waals surface area (Å²) in [6.07, 6.45) is -3.49. The fraction of sp³-hybridized carbons (Fsp3) is 0.357. The Labute approximate surface area is 114 Å². The van der Waals surface area contributed by atoms with E-state index in [0.717, 1.165) is 36.5 Å². The van der Waals surface area contributed by atoms with Crippen molar-refractivity contribution in [2.24, 2.45) is 7.05 Å². The zero-order valence-electron chi connectivity index (χ0n) is 11.0. The molecule has 106 valence electrons. The van der Waals surface area contributed by atoms with Crippen LogP contribution in [-0.4, -0.2) is 16.1 Å². The number of rotatable bonds is 1. The Balaban J connectivity index is 2.08. The normalized spacial score (nSPS) is 15.2. The predicted octanol–water partition coefficient (Wildman–Crippen LogP) is 2.75. The molecule has 0 unspecified atom stereocenters. The average Bonchev–Trinajstić information content (AvgIpc) is 2.76. The van der Waals surface area contributed by atoms with Gasteiger partial charge in [0.2, 0.25) is 0 Å². The van der Waals surface area contributed by atoms with Crippen LogP contribution in [0.25, 0.3) is 11.4 Å². The van der Waals surface area contributed by atoms with Crippen molar-refractivity contribution in [3.05, 3.63) is 41.2 Å². The second kappa shape index (κ2) is 4.63. The number of fused-ring (bicyclic) bond motifs is 1. The molecule has 0 bridgehead atoms. The molecular formula is C14H14F3N3. The van der Waals surface area contributed by atoms with Gasteiger partial charge in [0.1, 0.15) is 5.82 Å². The first-order chi connectivity index (χ1) is 9.47. The SMILES string of the molecule is Cn1c(-c2cccc(C(F)(F)F)c2)nc2c1CCNC2. The quantitative estimate of drug-likeness (QED) is 0.871. The number of nitrogens with zero attached hydrogens (tertiary/aromatic N) is 2. The molecule has 20 heavy (non-hydrogen) atoms. The molecule has 1 aromatic heterocycles. The first kappa shape index (κ1) is 13.2. The van der Waals surface area contributed by atoms with E-state index in [0.29, 0.717) is 17.9 Å². The van der Waals surface area contributed by atoms with Crippen molar-refractivity contribution in [1.82, 2.24) is 14.9 Å². The molecule has 3 rings (SSSR count). The third kappa shape index (κ3) is 2.20. The Hall–Kier alpha value is -1.82. The smallest absolute Gasteiger partial charge is 0.331 e. The largest absolute Gasteiger partial charge is 0.416 e. The van der Waals surface area contributed by atoms with Crippen molar-refractivity contribution in [2.45, 2.75) is 19.1 Å². The summed E-state index contributed by atoms with van der Waals surface area (Å²) in [5.74, 6) is 0.588. The summed E-state index contributed by atoms with van der Waals surface area (Å²) in [4.78, 5) is 4.48. The Morgan fingerprint density at radius 1 is 1.30 bits per heavy atom. The van der Waals surface area contributed by atoms with Gasteiger partial charge in [-0.2, -0.15) is 13.2 Å². The molecule has 1 aliphatic rings. The maximum Gasteiger partial charge on any atom is 0.416 e. The molecule has 2 aromatic rings. The summed E-state index contributed by atoms with van der Waals surface area (Å²) in [6, 6.07) is 5.32. The van der Waals surface area contributed by atoms with Gasteiger partial charge in [0.25, 0.3) is 0 Å². The first-order valence-electron chi connectivity index (χ1n) is 6.39. The van der Waals surface area contributed by atoms with Crippen LogP contribution in [0.1, 0.15) is 17.0 Å². The molecule has 1 N–H and O–H groups in total. The minimum Gasteiger partial charge on any atom is -0.331 e. The molecule has 0 aliphatic carbocycles. The minimum atomic E-state index is -4.33. The van der Waals surface area contributed by atoms with E-state index in [4.69, 9.17) is 0 Å². The Morgan fingerprint density at radius 3 is 2.80 bits per heavy atom. The lowest BCUT2D eigenvalue weighted by molar-refractivity contribution is -0.137. The van der Waals surface area contributed by atoms with Crippen molar-refractivity contribution in [2.75, 3.05) is 6.54 Å². The van der Waals surface area contributed by atoms with Crippen LogP contribution < -0.4 is 5.32 Å². The number of benzene rings is 1. The van der Waals surface area contributed by atoms with Gasteiger partial charge in [0.15, 0.2) is 0 Å². The van der Waals surface area contributed by atoms with E-state index >= 15 is 0 Å². The summed E-state index contributed by atoms with van der Waals surface area (Å²) in [5.41, 5.74) is 1.87. The van der Waals surface area contributed by atoms with Gasteiger partial charge in [-0.15, -0.1) is 0 Å². The Kier molecular flexibility index (Phi) is 3.05. The Morgan fingerprint density at radius 2 is 2.10 bits per heavy atom. The van der Waals surface area contributed by atoms with Gasteiger partial charge in [-0.05, 0) is 12.1 Å². The van der Waals surface area contributed by atoms with E-state index < -0.39 is 11.7 Å². The summed E-state index contributed by atoms with van der Waals surface area (Å²) >= 11 is 0. The van der Waals surface area contributed by atoms with Crippen LogP contribution in [0.3, 0.4) is 0 Å². The van der Waals surface area contributed by atoms with Crippen molar-refractivity contribution >= 4 is 0 Å². The van der Waals surface area contributed by atoms with Gasteiger partial charge >= 0.3 is 6.18 Å². The third-order valence-corrected chi connectivity index (χ3v) is 3.58. The fourth-order valence-corrected chi connectivity index (χ4v) is 2.55. The standard InChI is InChI=1S/C14H14F3N3/c1-20-12-5-6-18-8-11(12)19-13(20)9-3-2-4-10(7-9)14(15,16)17/h2-4,7,18H,5-6,8H2,1H3. The molecule has 1 aromatic carbocycles. The van der Waals surface area contributed by atoms with E-state index in [2.05, 4.69) is 10.3 Å². The van der Waals surface area contributed by atoms with Crippen LogP contribution in [0.2, 0.25) is 0 Å². The summed E-state index contributed by atoms with van der Waals surface area (Å²) < 4.78 is 40.2. The van der Waals surface area contributed by atoms with Gasteiger partial charge in [-0.3, -0.25) is 0 Å². The molecular weight excluding hydrogens is 267 g/mol. The fourth-order valence-electron chi connectivity index (χ4n) is 2.55. The maximum atomic E-state index is 12.8. The molecule has 6 heteroatoms. The second-order valence-electron chi connectivity index (χ2n) is 4.89. The average molecular weight is 281 g/mol. The highest BCUT2D eigenvalue weighted by molar-refractivity contribution is 5.58. The number of nitrogens with one attached hydrogen (secondary N) is 1. The third-order valence-electron chi connectivity index (χ3n) is 3.58. The highest BCUT2D eigenvalue weighted by atomic mass is 19.4. The zero-order valence-corrected chi connectivity index (χ0v) is 11.0. The van der Waals surface area contributed by atoms with E-state index in [9.17, 15) is 13.2 Å². The molecule has 1 aliphatic heterocycles. The van der Waals surface area contributed by atoms with E-state index in [1.54, 1.807) is 6.07 Å². The topological polar surface area (TPSA) is 29.9 Å².